The number of hydrogen-bond acceptors (Lipinski definition) is 5. The Morgan fingerprint density at radius 3 is 2.57 bits per heavy atom. The number of carboxylic acid groups (broad SMARTS) is 1. The van der Waals surface area contributed by atoms with Gasteiger partial charge in [0.2, 0.25) is 0 Å². The monoisotopic (exact) mass is 621 g/mol. The Balaban J connectivity index is 1.36. The molecule has 0 bridgehead atoms. The third-order valence-corrected chi connectivity index (χ3v) is 10.1. The molecule has 1 saturated carbocycles. The Morgan fingerprint density at radius 2 is 1.85 bits per heavy atom. The van der Waals surface area contributed by atoms with Crippen LogP contribution in [0.4, 0.5) is 11.4 Å². The summed E-state index contributed by atoms with van der Waals surface area (Å²) in [6.45, 7) is 19.7. The van der Waals surface area contributed by atoms with Gasteiger partial charge in [-0.2, -0.15) is 0 Å². The summed E-state index contributed by atoms with van der Waals surface area (Å²) in [5.74, 6) is 0.103. The Kier molecular flexibility index (Phi) is 8.65. The summed E-state index contributed by atoms with van der Waals surface area (Å²) < 4.78 is 7.65. The molecule has 2 aliphatic rings. The number of aromatic nitrogens is 3. The van der Waals surface area contributed by atoms with Crippen molar-refractivity contribution in [2.75, 3.05) is 18.0 Å². The average molecular weight is 622 g/mol. The molecule has 2 aromatic heterocycles. The molecular formula is C37H43N5O4. The lowest BCUT2D eigenvalue weighted by molar-refractivity contribution is -0.144. The Morgan fingerprint density at radius 1 is 1.09 bits per heavy atom. The van der Waals surface area contributed by atoms with E-state index in [2.05, 4.69) is 79.8 Å². The van der Waals surface area contributed by atoms with Crippen molar-refractivity contribution >= 4 is 29.0 Å². The van der Waals surface area contributed by atoms with E-state index < -0.39 is 11.9 Å². The molecule has 9 nitrogen and oxygen atoms in total. The van der Waals surface area contributed by atoms with Crippen LogP contribution in [0.15, 0.2) is 42.6 Å². The molecule has 3 heterocycles. The number of ether oxygens (including phenoxy) is 1. The number of anilines is 1. The number of aryl methyl sites for hydroxylation is 2. The minimum Gasteiger partial charge on any atom is -0.481 e. The van der Waals surface area contributed by atoms with Crippen LogP contribution in [0.2, 0.25) is 0 Å². The summed E-state index contributed by atoms with van der Waals surface area (Å²) in [6.07, 6.45) is 5.78. The normalized spacial score (nSPS) is 23.3. The number of piperidine rings is 1. The van der Waals surface area contributed by atoms with Crippen LogP contribution in [0.5, 0.6) is 5.75 Å². The van der Waals surface area contributed by atoms with E-state index in [1.807, 2.05) is 6.07 Å². The smallest absolute Gasteiger partial charge is 0.313 e. The number of benzene rings is 2. The summed E-state index contributed by atoms with van der Waals surface area (Å²) in [7, 11) is 0. The Bertz CT molecular complexity index is 1820. The van der Waals surface area contributed by atoms with Gasteiger partial charge in [-0.25, -0.2) is 9.83 Å². The highest BCUT2D eigenvalue weighted by Crippen LogP contribution is 2.41. The van der Waals surface area contributed by atoms with Crippen LogP contribution in [0.1, 0.15) is 68.7 Å². The fourth-order valence-electron chi connectivity index (χ4n) is 7.84. The summed E-state index contributed by atoms with van der Waals surface area (Å²) in [6, 6.07) is 12.6. The molecule has 0 spiro atoms. The molecule has 240 valence electrons. The van der Waals surface area contributed by atoms with E-state index in [0.29, 0.717) is 36.8 Å². The zero-order valence-corrected chi connectivity index (χ0v) is 27.3. The zero-order valence-electron chi connectivity index (χ0n) is 27.3. The number of carboxylic acids is 1. The molecule has 4 aromatic rings. The van der Waals surface area contributed by atoms with Gasteiger partial charge in [0.1, 0.15) is 0 Å². The highest BCUT2D eigenvalue weighted by atomic mass is 16.5. The van der Waals surface area contributed by atoms with Crippen LogP contribution in [-0.2, 0) is 16.0 Å². The number of nitrogens with one attached hydrogen (secondary N) is 1. The number of aliphatic carboxylic acids is 1. The van der Waals surface area contributed by atoms with Gasteiger partial charge in [-0.05, 0) is 98.6 Å². The highest BCUT2D eigenvalue weighted by molar-refractivity contribution is 5.83. The number of nitrogens with zero attached hydrogens (tertiary/aromatic N) is 4. The number of H-pyrrole nitrogens is 1. The first kappa shape index (κ1) is 31.4. The number of fused-ring (bicyclic) bond motifs is 1. The van der Waals surface area contributed by atoms with Crippen LogP contribution in [-0.4, -0.2) is 44.7 Å². The zero-order chi connectivity index (χ0) is 32.7. The maximum absolute atomic E-state index is 13.5. The molecule has 2 aromatic carbocycles. The van der Waals surface area contributed by atoms with E-state index in [4.69, 9.17) is 16.3 Å². The largest absolute Gasteiger partial charge is 0.481 e. The standard InChI is InChI=1S/C37H43N5O4/c1-21-9-10-23(3)28(16-21)18-29-17-26(11-12-31(29)41-13-7-8-27(19-41)36(43)44)34-39-35-33(30(38-6)20-42(35)40-34)46-37(45)32-24(4)14-22(2)15-25(32)5/h9-12,16-17,20,22,24-25,27,32H,7-8,13-15,18-19H2,1-5H3,(H,39,40)(H,43,44). The van der Waals surface area contributed by atoms with Crippen LogP contribution >= 0.6 is 0 Å². The molecule has 46 heavy (non-hydrogen) atoms. The predicted octanol–water partition coefficient (Wildman–Crippen LogP) is 7.61. The molecule has 3 atom stereocenters. The number of rotatable bonds is 7. The van der Waals surface area contributed by atoms with E-state index >= 15 is 0 Å². The first-order chi connectivity index (χ1) is 22.0. The molecule has 9 heteroatoms. The highest BCUT2D eigenvalue weighted by Gasteiger charge is 2.38. The van der Waals surface area contributed by atoms with Gasteiger partial charge in [-0.1, -0.05) is 44.5 Å². The van der Waals surface area contributed by atoms with Crippen molar-refractivity contribution in [1.29, 1.82) is 0 Å². The minimum atomic E-state index is -0.749. The Hall–Kier alpha value is -4.58. The molecule has 2 N–H and O–H groups in total. The SMILES string of the molecule is [C-]#[N+]c1cn2[nH]c(-c3ccc(N4CCCC(C(=O)O)C4)c(Cc4cc(C)ccc4C)c3)nc2c1OC(=O)C1C(C)CC(C)CC1C. The third kappa shape index (κ3) is 6.13. The van der Waals surface area contributed by atoms with Crippen molar-refractivity contribution in [3.05, 3.63) is 76.3 Å². The average Bonchev–Trinajstić information content (AvgIpc) is 3.57. The van der Waals surface area contributed by atoms with Gasteiger partial charge in [0.25, 0.3) is 5.69 Å². The minimum absolute atomic E-state index is 0.195. The van der Waals surface area contributed by atoms with Gasteiger partial charge < -0.3 is 14.7 Å². The van der Waals surface area contributed by atoms with Crippen LogP contribution in [0.25, 0.3) is 21.9 Å². The second kappa shape index (κ2) is 12.7. The lowest BCUT2D eigenvalue weighted by Crippen LogP contribution is -2.39. The third-order valence-electron chi connectivity index (χ3n) is 10.1. The summed E-state index contributed by atoms with van der Waals surface area (Å²) in [5, 5.41) is 13.0. The van der Waals surface area contributed by atoms with Crippen LogP contribution < -0.4 is 9.64 Å². The van der Waals surface area contributed by atoms with E-state index in [1.165, 1.54) is 16.7 Å². The van der Waals surface area contributed by atoms with E-state index in [9.17, 15) is 14.7 Å². The molecule has 0 radical (unpaired) electrons. The van der Waals surface area contributed by atoms with Crippen LogP contribution in [0.3, 0.4) is 0 Å². The molecular weight excluding hydrogens is 578 g/mol. The fourth-order valence-corrected chi connectivity index (χ4v) is 7.84. The quantitative estimate of drug-likeness (QED) is 0.163. The summed E-state index contributed by atoms with van der Waals surface area (Å²) in [5.41, 5.74) is 7.22. The van der Waals surface area contributed by atoms with Crippen molar-refractivity contribution in [2.24, 2.45) is 29.6 Å². The lowest BCUT2D eigenvalue weighted by atomic mass is 9.69. The second-order valence-electron chi connectivity index (χ2n) is 13.8. The fraction of sp³-hybridized carbons (Fsp3) is 0.459. The van der Waals surface area contributed by atoms with Crippen molar-refractivity contribution < 1.29 is 19.4 Å². The maximum Gasteiger partial charge on any atom is 0.313 e. The summed E-state index contributed by atoms with van der Waals surface area (Å²) in [4.78, 5) is 36.1. The first-order valence-electron chi connectivity index (χ1n) is 16.4. The molecule has 1 aliphatic carbocycles. The van der Waals surface area contributed by atoms with Gasteiger partial charge >= 0.3 is 11.9 Å². The number of carbonyl (C=O) groups excluding carboxylic acids is 1. The van der Waals surface area contributed by atoms with E-state index in [-0.39, 0.29) is 35.2 Å². The van der Waals surface area contributed by atoms with Gasteiger partial charge in [0.05, 0.1) is 18.4 Å². The van der Waals surface area contributed by atoms with Gasteiger partial charge in [0, 0.05) is 30.5 Å². The second-order valence-corrected chi connectivity index (χ2v) is 13.8. The molecule has 2 fully saturated rings. The van der Waals surface area contributed by atoms with Crippen molar-refractivity contribution in [1.82, 2.24) is 14.6 Å². The van der Waals surface area contributed by atoms with Gasteiger partial charge in [0.15, 0.2) is 17.2 Å². The van der Waals surface area contributed by atoms with Crippen molar-refractivity contribution in [3.8, 4) is 17.1 Å². The molecule has 6 rings (SSSR count). The molecule has 1 saturated heterocycles. The van der Waals surface area contributed by atoms with E-state index in [1.54, 1.807) is 10.7 Å². The number of hydrogen-bond donors (Lipinski definition) is 2. The summed E-state index contributed by atoms with van der Waals surface area (Å²) >= 11 is 0. The molecule has 0 amide bonds. The van der Waals surface area contributed by atoms with Gasteiger partial charge in [-0.15, -0.1) is 0 Å². The molecule has 1 aliphatic heterocycles. The lowest BCUT2D eigenvalue weighted by Gasteiger charge is -2.36. The molecule has 3 unspecified atom stereocenters. The van der Waals surface area contributed by atoms with Crippen molar-refractivity contribution in [3.63, 3.8) is 0 Å². The van der Waals surface area contributed by atoms with Crippen LogP contribution in [0, 0.1) is 50.0 Å². The number of aromatic amines is 1. The number of esters is 1. The van der Waals surface area contributed by atoms with Gasteiger partial charge in [-0.3, -0.25) is 19.2 Å². The van der Waals surface area contributed by atoms with Crippen molar-refractivity contribution in [2.45, 2.75) is 66.7 Å². The predicted molar refractivity (Wildman–Crippen MR) is 178 cm³/mol. The van der Waals surface area contributed by atoms with E-state index in [0.717, 1.165) is 42.6 Å². The first-order valence-corrected chi connectivity index (χ1v) is 16.4. The Labute approximate surface area is 270 Å². The topological polar surface area (TPSA) is 104 Å². The maximum atomic E-state index is 13.5. The number of carbonyl (C=O) groups is 2.